The average Bonchev–Trinajstić information content (AvgIpc) is 2.61. The Hall–Kier alpha value is -3.61. The molecule has 4 amide bonds. The average molecular weight is 352 g/mol. The molecule has 0 aliphatic carbocycles. The fourth-order valence-electron chi connectivity index (χ4n) is 2.10. The summed E-state index contributed by atoms with van der Waals surface area (Å²) >= 11 is 0. The topological polar surface area (TPSA) is 99.3 Å². The van der Waals surface area contributed by atoms with Gasteiger partial charge in [-0.2, -0.15) is 0 Å². The molecule has 0 aliphatic rings. The molecule has 2 aromatic rings. The first-order valence-electron chi connectivity index (χ1n) is 7.92. The predicted octanol–water partition coefficient (Wildman–Crippen LogP) is 3.05. The molecule has 0 atom stereocenters. The minimum Gasteiger partial charge on any atom is -0.341 e. The van der Waals surface area contributed by atoms with Crippen molar-refractivity contribution in [3.8, 4) is 0 Å². The van der Waals surface area contributed by atoms with E-state index in [1.807, 2.05) is 0 Å². The molecule has 2 rings (SSSR count). The monoisotopic (exact) mass is 352 g/mol. The third-order valence-electron chi connectivity index (χ3n) is 3.27. The van der Waals surface area contributed by atoms with Crippen LogP contribution in [0.15, 0.2) is 54.6 Å². The van der Waals surface area contributed by atoms with E-state index in [4.69, 9.17) is 0 Å². The lowest BCUT2D eigenvalue weighted by atomic mass is 10.2. The first-order valence-corrected chi connectivity index (χ1v) is 7.92. The molecule has 0 saturated heterocycles. The molecule has 0 unspecified atom stereocenters. The van der Waals surface area contributed by atoms with Gasteiger partial charge in [0.15, 0.2) is 0 Å². The van der Waals surface area contributed by atoms with E-state index in [0.29, 0.717) is 17.1 Å². The largest absolute Gasteiger partial charge is 0.341 e. The van der Waals surface area contributed by atoms with Crippen molar-refractivity contribution in [1.82, 2.24) is 5.32 Å². The van der Waals surface area contributed by atoms with Gasteiger partial charge in [0.2, 0.25) is 11.8 Å². The fraction of sp³-hybridized carbons (Fsp3) is 0.105. The molecule has 7 heteroatoms. The van der Waals surface area contributed by atoms with Gasteiger partial charge < -0.3 is 21.3 Å². The Kier molecular flexibility index (Phi) is 6.50. The van der Waals surface area contributed by atoms with Crippen molar-refractivity contribution in [2.24, 2.45) is 0 Å². The summed E-state index contributed by atoms with van der Waals surface area (Å²) in [6.45, 7) is 1.44. The maximum absolute atomic E-state index is 12.0. The third-order valence-corrected chi connectivity index (χ3v) is 3.27. The van der Waals surface area contributed by atoms with Crippen LogP contribution in [0.4, 0.5) is 21.9 Å². The third kappa shape index (κ3) is 6.12. The van der Waals surface area contributed by atoms with E-state index in [2.05, 4.69) is 21.3 Å². The maximum atomic E-state index is 12.0. The standard InChI is InChI=1S/C19H20N4O3/c1-13(24)21-15-9-6-14(7-10-15)8-11-18(25)22-16-4-3-5-17(12-16)23-19(26)20-2/h3-12H,1-2H3,(H,21,24)(H,22,25)(H2,20,23,26)/b11-8+. The number of rotatable bonds is 5. The molecule has 0 aliphatic heterocycles. The van der Waals surface area contributed by atoms with E-state index in [1.165, 1.54) is 20.0 Å². The number of hydrogen-bond acceptors (Lipinski definition) is 3. The number of hydrogen-bond donors (Lipinski definition) is 4. The zero-order valence-corrected chi connectivity index (χ0v) is 14.5. The van der Waals surface area contributed by atoms with Crippen molar-refractivity contribution in [3.63, 3.8) is 0 Å². The lowest BCUT2D eigenvalue weighted by molar-refractivity contribution is -0.114. The Morgan fingerprint density at radius 3 is 2.12 bits per heavy atom. The van der Waals surface area contributed by atoms with Gasteiger partial charge in [0.05, 0.1) is 0 Å². The van der Waals surface area contributed by atoms with Crippen LogP contribution >= 0.6 is 0 Å². The lowest BCUT2D eigenvalue weighted by Gasteiger charge is -2.07. The van der Waals surface area contributed by atoms with Crippen molar-refractivity contribution in [1.29, 1.82) is 0 Å². The number of urea groups is 1. The number of amides is 4. The minimum atomic E-state index is -0.337. The highest BCUT2D eigenvalue weighted by molar-refractivity contribution is 6.02. The molecular weight excluding hydrogens is 332 g/mol. The van der Waals surface area contributed by atoms with Crippen LogP contribution < -0.4 is 21.3 Å². The highest BCUT2D eigenvalue weighted by Gasteiger charge is 2.02. The van der Waals surface area contributed by atoms with E-state index in [0.717, 1.165) is 5.56 Å². The quantitative estimate of drug-likeness (QED) is 0.622. The molecule has 0 fully saturated rings. The van der Waals surface area contributed by atoms with Gasteiger partial charge in [-0.05, 0) is 42.0 Å². The van der Waals surface area contributed by atoms with E-state index >= 15 is 0 Å². The second kappa shape index (κ2) is 9.03. The molecule has 4 N–H and O–H groups in total. The van der Waals surface area contributed by atoms with Crippen LogP contribution in [-0.2, 0) is 9.59 Å². The van der Waals surface area contributed by atoms with Crippen molar-refractivity contribution in [3.05, 3.63) is 60.2 Å². The van der Waals surface area contributed by atoms with Crippen LogP contribution in [0.5, 0.6) is 0 Å². The number of anilines is 3. The van der Waals surface area contributed by atoms with Crippen molar-refractivity contribution in [2.45, 2.75) is 6.92 Å². The lowest BCUT2D eigenvalue weighted by Crippen LogP contribution is -2.24. The smallest absolute Gasteiger partial charge is 0.318 e. The minimum absolute atomic E-state index is 0.138. The summed E-state index contributed by atoms with van der Waals surface area (Å²) in [4.78, 5) is 34.3. The van der Waals surface area contributed by atoms with Gasteiger partial charge in [0, 0.05) is 37.1 Å². The highest BCUT2D eigenvalue weighted by atomic mass is 16.2. The molecule has 0 bridgehead atoms. The first kappa shape index (κ1) is 18.7. The summed E-state index contributed by atoms with van der Waals surface area (Å²) in [6, 6.07) is 13.6. The summed E-state index contributed by atoms with van der Waals surface area (Å²) in [5, 5.41) is 10.5. The predicted molar refractivity (Wildman–Crippen MR) is 103 cm³/mol. The number of benzene rings is 2. The zero-order valence-electron chi connectivity index (χ0n) is 14.5. The molecule has 0 spiro atoms. The Bertz CT molecular complexity index is 829. The summed E-state index contributed by atoms with van der Waals surface area (Å²) in [5.41, 5.74) is 2.65. The number of carbonyl (C=O) groups excluding carboxylic acids is 3. The van der Waals surface area contributed by atoms with Gasteiger partial charge in [-0.15, -0.1) is 0 Å². The second-order valence-electron chi connectivity index (χ2n) is 5.41. The van der Waals surface area contributed by atoms with E-state index < -0.39 is 0 Å². The van der Waals surface area contributed by atoms with Gasteiger partial charge in [0.1, 0.15) is 0 Å². The summed E-state index contributed by atoms with van der Waals surface area (Å²) < 4.78 is 0. The molecule has 134 valence electrons. The van der Waals surface area contributed by atoms with E-state index in [1.54, 1.807) is 54.6 Å². The molecular formula is C19H20N4O3. The number of nitrogens with one attached hydrogen (secondary N) is 4. The molecule has 7 nitrogen and oxygen atoms in total. The Labute approximate surface area is 151 Å². The van der Waals surface area contributed by atoms with Crippen molar-refractivity contribution < 1.29 is 14.4 Å². The van der Waals surface area contributed by atoms with E-state index in [-0.39, 0.29) is 17.8 Å². The summed E-state index contributed by atoms with van der Waals surface area (Å²) in [5.74, 6) is -0.436. The zero-order chi connectivity index (χ0) is 18.9. The van der Waals surface area contributed by atoms with Crippen LogP contribution in [0.1, 0.15) is 12.5 Å². The molecule has 0 aromatic heterocycles. The fourth-order valence-corrected chi connectivity index (χ4v) is 2.10. The van der Waals surface area contributed by atoms with Crippen LogP contribution in [0.25, 0.3) is 6.08 Å². The van der Waals surface area contributed by atoms with Gasteiger partial charge in [0.25, 0.3) is 0 Å². The Morgan fingerprint density at radius 1 is 0.846 bits per heavy atom. The maximum Gasteiger partial charge on any atom is 0.318 e. The molecule has 2 aromatic carbocycles. The van der Waals surface area contributed by atoms with Gasteiger partial charge in [-0.3, -0.25) is 9.59 Å². The summed E-state index contributed by atoms with van der Waals surface area (Å²) in [6.07, 6.45) is 3.08. The SMILES string of the molecule is CNC(=O)Nc1cccc(NC(=O)/C=C/c2ccc(NC(C)=O)cc2)c1. The number of carbonyl (C=O) groups is 3. The summed E-state index contributed by atoms with van der Waals surface area (Å²) in [7, 11) is 1.52. The van der Waals surface area contributed by atoms with Crippen molar-refractivity contribution >= 4 is 41.0 Å². The second-order valence-corrected chi connectivity index (χ2v) is 5.41. The molecule has 0 radical (unpaired) electrons. The van der Waals surface area contributed by atoms with E-state index in [9.17, 15) is 14.4 Å². The van der Waals surface area contributed by atoms with Crippen LogP contribution in [-0.4, -0.2) is 24.9 Å². The van der Waals surface area contributed by atoms with Crippen LogP contribution in [0.3, 0.4) is 0 Å². The Balaban J connectivity index is 1.95. The van der Waals surface area contributed by atoms with Crippen LogP contribution in [0, 0.1) is 0 Å². The van der Waals surface area contributed by atoms with Crippen molar-refractivity contribution in [2.75, 3.05) is 23.0 Å². The highest BCUT2D eigenvalue weighted by Crippen LogP contribution is 2.15. The Morgan fingerprint density at radius 2 is 1.50 bits per heavy atom. The first-order chi connectivity index (χ1) is 12.5. The molecule has 0 heterocycles. The van der Waals surface area contributed by atoms with Gasteiger partial charge in [-0.25, -0.2) is 4.79 Å². The molecule has 26 heavy (non-hydrogen) atoms. The van der Waals surface area contributed by atoms with Gasteiger partial charge in [-0.1, -0.05) is 18.2 Å². The normalized spacial score (nSPS) is 10.2. The molecule has 0 saturated carbocycles. The van der Waals surface area contributed by atoms with Crippen LogP contribution in [0.2, 0.25) is 0 Å². The van der Waals surface area contributed by atoms with Gasteiger partial charge >= 0.3 is 6.03 Å².